The molecule has 0 aliphatic heterocycles. The Morgan fingerprint density at radius 3 is 2.56 bits per heavy atom. The molecule has 4 aliphatic rings. The minimum absolute atomic E-state index is 0.0709. The van der Waals surface area contributed by atoms with Crippen LogP contribution in [0.5, 0.6) is 11.5 Å². The summed E-state index contributed by atoms with van der Waals surface area (Å²) in [4.78, 5) is 30.0. The molecule has 212 valence electrons. The first-order chi connectivity index (χ1) is 18.5. The van der Waals surface area contributed by atoms with Crippen LogP contribution in [-0.4, -0.2) is 51.5 Å². The maximum absolute atomic E-state index is 12.5. The summed E-state index contributed by atoms with van der Waals surface area (Å²) in [6.45, 7) is 6.34. The normalized spacial score (nSPS) is 36.4. The molecular weight excluding hydrogens is 496 g/mol. The molecule has 0 aromatic heterocycles. The van der Waals surface area contributed by atoms with Crippen LogP contribution in [-0.2, 0) is 20.8 Å². The van der Waals surface area contributed by atoms with E-state index in [9.17, 15) is 24.9 Å². The van der Waals surface area contributed by atoms with Gasteiger partial charge in [-0.05, 0) is 112 Å². The number of benzene rings is 1. The van der Waals surface area contributed by atoms with Crippen molar-refractivity contribution in [3.05, 3.63) is 35.4 Å². The van der Waals surface area contributed by atoms with Crippen LogP contribution in [0.3, 0.4) is 0 Å². The van der Waals surface area contributed by atoms with Crippen molar-refractivity contribution < 1.29 is 29.7 Å². The zero-order chi connectivity index (χ0) is 28.0. The van der Waals surface area contributed by atoms with Crippen molar-refractivity contribution in [3.8, 4) is 11.5 Å². The van der Waals surface area contributed by atoms with E-state index in [-0.39, 0.29) is 40.6 Å². The Morgan fingerprint density at radius 2 is 1.82 bits per heavy atom. The Morgan fingerprint density at radius 1 is 1.05 bits per heavy atom. The van der Waals surface area contributed by atoms with Crippen LogP contribution in [0.25, 0.3) is 0 Å². The Bertz CT molecular complexity index is 1210. The quantitative estimate of drug-likeness (QED) is 0.301. The molecule has 1 aromatic carbocycles. The number of Topliss-reactive ketones (excluding diaryl/α,β-unsaturated/α-hetero) is 1. The number of rotatable bonds is 7. The smallest absolute Gasteiger partial charge is 0.260 e. The molecule has 0 bridgehead atoms. The minimum Gasteiger partial charge on any atom is -0.504 e. The Labute approximate surface area is 230 Å². The molecule has 3 fully saturated rings. The lowest BCUT2D eigenvalue weighted by atomic mass is 9.46. The van der Waals surface area contributed by atoms with Gasteiger partial charge in [0.25, 0.3) is 5.91 Å². The number of oxime groups is 1. The van der Waals surface area contributed by atoms with Crippen LogP contribution < -0.4 is 5.32 Å². The van der Waals surface area contributed by atoms with E-state index in [0.29, 0.717) is 37.1 Å². The summed E-state index contributed by atoms with van der Waals surface area (Å²) in [5.41, 5.74) is 1.70. The predicted molar refractivity (Wildman–Crippen MR) is 147 cm³/mol. The summed E-state index contributed by atoms with van der Waals surface area (Å²) in [5, 5.41) is 37.4. The van der Waals surface area contributed by atoms with E-state index < -0.39 is 5.60 Å². The number of aliphatic hydroxyl groups is 1. The van der Waals surface area contributed by atoms with Gasteiger partial charge in [0.2, 0.25) is 0 Å². The van der Waals surface area contributed by atoms with E-state index in [1.165, 1.54) is 17.7 Å². The van der Waals surface area contributed by atoms with Crippen molar-refractivity contribution in [1.29, 1.82) is 0 Å². The molecular formula is C31H42N2O6. The number of aromatic hydroxyl groups is 2. The molecule has 3 saturated carbocycles. The van der Waals surface area contributed by atoms with Gasteiger partial charge in [-0.25, -0.2) is 0 Å². The molecule has 8 nitrogen and oxygen atoms in total. The molecule has 1 amide bonds. The van der Waals surface area contributed by atoms with Gasteiger partial charge in [-0.1, -0.05) is 30.6 Å². The first kappa shape index (κ1) is 27.7. The van der Waals surface area contributed by atoms with Gasteiger partial charge in [0.1, 0.15) is 5.60 Å². The molecule has 39 heavy (non-hydrogen) atoms. The molecule has 1 aromatic rings. The minimum atomic E-state index is -1.18. The van der Waals surface area contributed by atoms with E-state index >= 15 is 0 Å². The van der Waals surface area contributed by atoms with Gasteiger partial charge in [0.05, 0.1) is 5.71 Å². The van der Waals surface area contributed by atoms with Crippen LogP contribution in [0.4, 0.5) is 0 Å². The molecule has 4 N–H and O–H groups in total. The predicted octanol–water partition coefficient (Wildman–Crippen LogP) is 4.41. The van der Waals surface area contributed by atoms with Crippen LogP contribution >= 0.6 is 0 Å². The lowest BCUT2D eigenvalue weighted by Gasteiger charge is -2.59. The van der Waals surface area contributed by atoms with E-state index in [2.05, 4.69) is 30.4 Å². The fourth-order valence-electron chi connectivity index (χ4n) is 8.53. The van der Waals surface area contributed by atoms with Crippen molar-refractivity contribution >= 4 is 17.4 Å². The number of carbonyl (C=O) groups excluding carboxylic acids is 2. The highest BCUT2D eigenvalue weighted by Crippen LogP contribution is 2.67. The summed E-state index contributed by atoms with van der Waals surface area (Å²) in [5.74, 6) is 0.795. The van der Waals surface area contributed by atoms with Gasteiger partial charge in [0, 0.05) is 12.0 Å². The third kappa shape index (κ3) is 4.75. The molecule has 0 unspecified atom stereocenters. The number of hydrogen-bond donors (Lipinski definition) is 4. The monoisotopic (exact) mass is 538 g/mol. The third-order valence-electron chi connectivity index (χ3n) is 10.9. The molecule has 5 rings (SSSR count). The number of ketones is 1. The zero-order valence-electron chi connectivity index (χ0n) is 23.3. The lowest BCUT2D eigenvalue weighted by Crippen LogP contribution is -2.57. The average molecular weight is 539 g/mol. The number of fused-ring (bicyclic) bond motifs is 5. The van der Waals surface area contributed by atoms with E-state index in [0.717, 1.165) is 56.2 Å². The number of hydrogen-bond acceptors (Lipinski definition) is 7. The van der Waals surface area contributed by atoms with Gasteiger partial charge in [-0.3, -0.25) is 9.59 Å². The van der Waals surface area contributed by atoms with Gasteiger partial charge in [0.15, 0.2) is 23.9 Å². The summed E-state index contributed by atoms with van der Waals surface area (Å²) in [6.07, 6.45) is 10.0. The number of amides is 1. The maximum Gasteiger partial charge on any atom is 0.260 e. The lowest BCUT2D eigenvalue weighted by molar-refractivity contribution is -0.159. The second kappa shape index (κ2) is 10.3. The summed E-state index contributed by atoms with van der Waals surface area (Å²) < 4.78 is 0. The fraction of sp³-hybridized carbons (Fsp3) is 0.645. The van der Waals surface area contributed by atoms with Gasteiger partial charge in [-0.15, -0.1) is 0 Å². The highest BCUT2D eigenvalue weighted by Gasteiger charge is 2.65. The SMILES string of the molecule is CC(=O)[C@]1(O)CC[C@@H]2[C@@H]3CCC4=CC(=NOCC(=O)NCCc5ccc(O)c(O)c5)CC[C@]4(C)[C@@H]3CC[C@@]21C. The van der Waals surface area contributed by atoms with Crippen molar-refractivity contribution in [2.75, 3.05) is 13.2 Å². The maximum atomic E-state index is 12.5. The van der Waals surface area contributed by atoms with E-state index in [1.54, 1.807) is 13.0 Å². The first-order valence-corrected chi connectivity index (χ1v) is 14.4. The zero-order valence-corrected chi connectivity index (χ0v) is 23.3. The summed E-state index contributed by atoms with van der Waals surface area (Å²) >= 11 is 0. The fourth-order valence-corrected chi connectivity index (χ4v) is 8.53. The van der Waals surface area contributed by atoms with Crippen molar-refractivity contribution in [1.82, 2.24) is 5.32 Å². The van der Waals surface area contributed by atoms with Crippen molar-refractivity contribution in [2.45, 2.75) is 84.2 Å². The topological polar surface area (TPSA) is 128 Å². The number of phenols is 2. The highest BCUT2D eigenvalue weighted by atomic mass is 16.6. The van der Waals surface area contributed by atoms with Gasteiger partial charge < -0.3 is 25.5 Å². The molecule has 0 saturated heterocycles. The molecule has 6 atom stereocenters. The van der Waals surface area contributed by atoms with Crippen molar-refractivity contribution in [2.24, 2.45) is 33.7 Å². The van der Waals surface area contributed by atoms with Gasteiger partial charge >= 0.3 is 0 Å². The van der Waals surface area contributed by atoms with Crippen LogP contribution in [0, 0.1) is 28.6 Å². The Balaban J connectivity index is 1.16. The standard InChI is InChI=1S/C31H42N2O6/c1-19(34)31(38)14-10-25-23-6-5-21-17-22(8-12-29(21,2)24(23)9-13-30(25,31)3)33-39-18-28(37)32-15-11-20-4-7-26(35)27(36)16-20/h4,7,16-17,23-25,35-36,38H,5-6,8-15,18H2,1-3H3,(H,32,37)/t23-,24-,25-,29+,30+,31-/m1/s1. The van der Waals surface area contributed by atoms with E-state index in [1.807, 2.05) is 0 Å². The van der Waals surface area contributed by atoms with E-state index in [4.69, 9.17) is 4.84 Å². The molecule has 0 radical (unpaired) electrons. The van der Waals surface area contributed by atoms with Crippen LogP contribution in [0.1, 0.15) is 77.7 Å². The van der Waals surface area contributed by atoms with Crippen LogP contribution in [0.2, 0.25) is 0 Å². The second-order valence-electron chi connectivity index (χ2n) is 12.7. The Hall–Kier alpha value is -2.87. The summed E-state index contributed by atoms with van der Waals surface area (Å²) in [7, 11) is 0. The van der Waals surface area contributed by atoms with Crippen LogP contribution in [0.15, 0.2) is 35.0 Å². The second-order valence-corrected chi connectivity index (χ2v) is 12.7. The number of nitrogens with one attached hydrogen (secondary N) is 1. The number of nitrogens with zero attached hydrogens (tertiary/aromatic N) is 1. The highest BCUT2D eigenvalue weighted by molar-refractivity contribution is 5.96. The largest absolute Gasteiger partial charge is 0.504 e. The molecule has 8 heteroatoms. The number of carbonyl (C=O) groups is 2. The molecule has 0 heterocycles. The number of allylic oxidation sites excluding steroid dienone is 2. The molecule has 4 aliphatic carbocycles. The van der Waals surface area contributed by atoms with Crippen molar-refractivity contribution in [3.63, 3.8) is 0 Å². The first-order valence-electron chi connectivity index (χ1n) is 14.4. The third-order valence-corrected chi connectivity index (χ3v) is 10.9. The Kier molecular flexibility index (Phi) is 7.29. The van der Waals surface area contributed by atoms with Gasteiger partial charge in [-0.2, -0.15) is 0 Å². The summed E-state index contributed by atoms with van der Waals surface area (Å²) in [6, 6.07) is 4.61. The number of phenolic OH excluding ortho intramolecular Hbond substituents is 2. The molecule has 0 spiro atoms. The average Bonchev–Trinajstić information content (AvgIpc) is 3.18.